The minimum absolute atomic E-state index is 0.0711. The molecule has 188 valence electrons. The molecule has 1 aromatic carbocycles. The van der Waals surface area contributed by atoms with Gasteiger partial charge in [-0.05, 0) is 64.4 Å². The van der Waals surface area contributed by atoms with Crippen molar-refractivity contribution in [2.24, 2.45) is 7.05 Å². The number of Topliss-reactive ketones (excluding diaryl/α,β-unsaturated/α-hetero) is 1. The van der Waals surface area contributed by atoms with Crippen molar-refractivity contribution < 1.29 is 24.2 Å². The first kappa shape index (κ1) is 24.8. The highest BCUT2D eigenvalue weighted by Crippen LogP contribution is 2.42. The van der Waals surface area contributed by atoms with Gasteiger partial charge in [0.25, 0.3) is 11.7 Å². The first-order valence-electron chi connectivity index (χ1n) is 12.1. The topological polar surface area (TPSA) is 97.1 Å². The molecule has 0 saturated carbocycles. The summed E-state index contributed by atoms with van der Waals surface area (Å²) in [6.45, 7) is 8.99. The summed E-state index contributed by atoms with van der Waals surface area (Å²) in [6, 6.07) is 4.63. The van der Waals surface area contributed by atoms with Crippen LogP contribution < -0.4 is 9.47 Å². The van der Waals surface area contributed by atoms with Crippen LogP contribution in [0.2, 0.25) is 0 Å². The number of rotatable bonds is 8. The Labute approximate surface area is 205 Å². The van der Waals surface area contributed by atoms with E-state index < -0.39 is 17.7 Å². The van der Waals surface area contributed by atoms with Crippen molar-refractivity contribution >= 4 is 17.4 Å². The average Bonchev–Trinajstić information content (AvgIpc) is 3.51. The van der Waals surface area contributed by atoms with Gasteiger partial charge in [-0.3, -0.25) is 14.3 Å². The predicted octanol–water partition coefficient (Wildman–Crippen LogP) is 2.96. The smallest absolute Gasteiger partial charge is 0.295 e. The Hall–Kier alpha value is -3.33. The second-order valence-corrected chi connectivity index (χ2v) is 9.05. The van der Waals surface area contributed by atoms with Crippen molar-refractivity contribution in [2.45, 2.75) is 39.7 Å². The van der Waals surface area contributed by atoms with Gasteiger partial charge in [0.1, 0.15) is 5.76 Å². The molecule has 4 rings (SSSR count). The lowest BCUT2D eigenvalue weighted by molar-refractivity contribution is -0.140. The van der Waals surface area contributed by atoms with Crippen molar-refractivity contribution in [3.8, 4) is 11.5 Å². The number of methoxy groups -OCH3 is 1. The van der Waals surface area contributed by atoms with Crippen LogP contribution in [0.3, 0.4) is 0 Å². The van der Waals surface area contributed by atoms with Gasteiger partial charge in [-0.25, -0.2) is 0 Å². The van der Waals surface area contributed by atoms with Gasteiger partial charge in [0.2, 0.25) is 0 Å². The van der Waals surface area contributed by atoms with E-state index in [0.29, 0.717) is 53.7 Å². The molecule has 2 aliphatic heterocycles. The number of aromatic nitrogens is 2. The van der Waals surface area contributed by atoms with Crippen LogP contribution in [-0.2, 0) is 16.6 Å². The second kappa shape index (κ2) is 10.1. The van der Waals surface area contributed by atoms with Gasteiger partial charge in [0.05, 0.1) is 36.6 Å². The minimum Gasteiger partial charge on any atom is -0.507 e. The highest BCUT2D eigenvalue weighted by Gasteiger charge is 2.46. The Kier molecular flexibility index (Phi) is 7.16. The number of aliphatic hydroxyl groups is 1. The van der Waals surface area contributed by atoms with Gasteiger partial charge in [-0.15, -0.1) is 0 Å². The lowest BCUT2D eigenvalue weighted by Gasteiger charge is -2.28. The van der Waals surface area contributed by atoms with Gasteiger partial charge in [-0.1, -0.05) is 6.07 Å². The largest absolute Gasteiger partial charge is 0.507 e. The molecule has 2 fully saturated rings. The maximum absolute atomic E-state index is 13.4. The number of hydrogen-bond donors (Lipinski definition) is 1. The van der Waals surface area contributed by atoms with Crippen LogP contribution in [0.1, 0.15) is 48.3 Å². The van der Waals surface area contributed by atoms with Crippen molar-refractivity contribution in [2.75, 3.05) is 39.9 Å². The SMILES string of the molecule is CCOc1ccc(C2/C(=C(\O)c3c(C)nn(C)c3C)C(=O)C(=O)N2CCN2CCCC2)cc1OC. The van der Waals surface area contributed by atoms with Gasteiger partial charge < -0.3 is 24.4 Å². The van der Waals surface area contributed by atoms with Crippen molar-refractivity contribution in [1.82, 2.24) is 19.6 Å². The van der Waals surface area contributed by atoms with E-state index in [4.69, 9.17) is 9.47 Å². The van der Waals surface area contributed by atoms with E-state index >= 15 is 0 Å². The van der Waals surface area contributed by atoms with Crippen LogP contribution in [-0.4, -0.2) is 76.3 Å². The number of aryl methyl sites for hydroxylation is 2. The number of carbonyl (C=O) groups is 2. The molecule has 1 amide bonds. The standard InChI is InChI=1S/C26H34N4O5/c1-6-35-19-10-9-18(15-20(19)34-5)23-22(24(31)21-16(2)27-28(4)17(21)3)25(32)26(33)30(23)14-13-29-11-7-8-12-29/h9-10,15,23,31H,6-8,11-14H2,1-5H3/b24-22+. The molecule has 2 aromatic rings. The van der Waals surface area contributed by atoms with E-state index in [0.717, 1.165) is 25.9 Å². The maximum atomic E-state index is 13.4. The summed E-state index contributed by atoms with van der Waals surface area (Å²) >= 11 is 0. The van der Waals surface area contributed by atoms with Gasteiger partial charge in [0, 0.05) is 25.8 Å². The molecule has 3 heterocycles. The van der Waals surface area contributed by atoms with E-state index in [1.807, 2.05) is 19.9 Å². The zero-order valence-corrected chi connectivity index (χ0v) is 21.1. The third-order valence-electron chi connectivity index (χ3n) is 6.94. The van der Waals surface area contributed by atoms with E-state index in [1.54, 1.807) is 42.8 Å². The predicted molar refractivity (Wildman–Crippen MR) is 132 cm³/mol. The second-order valence-electron chi connectivity index (χ2n) is 9.05. The monoisotopic (exact) mass is 482 g/mol. The highest BCUT2D eigenvalue weighted by molar-refractivity contribution is 6.46. The Morgan fingerprint density at radius 3 is 2.46 bits per heavy atom. The average molecular weight is 483 g/mol. The molecule has 35 heavy (non-hydrogen) atoms. The van der Waals surface area contributed by atoms with E-state index in [9.17, 15) is 14.7 Å². The number of likely N-dealkylation sites (tertiary alicyclic amines) is 2. The number of aliphatic hydroxyl groups excluding tert-OH is 1. The fourth-order valence-electron chi connectivity index (χ4n) is 5.09. The Morgan fingerprint density at radius 1 is 1.14 bits per heavy atom. The lowest BCUT2D eigenvalue weighted by Crippen LogP contribution is -2.37. The van der Waals surface area contributed by atoms with Crippen LogP contribution >= 0.6 is 0 Å². The van der Waals surface area contributed by atoms with Crippen LogP contribution in [0.4, 0.5) is 0 Å². The van der Waals surface area contributed by atoms with E-state index in [2.05, 4.69) is 10.00 Å². The summed E-state index contributed by atoms with van der Waals surface area (Å²) in [5.41, 5.74) is 2.53. The Morgan fingerprint density at radius 2 is 1.86 bits per heavy atom. The number of nitrogens with zero attached hydrogens (tertiary/aromatic N) is 4. The molecule has 9 heteroatoms. The van der Waals surface area contributed by atoms with Gasteiger partial charge >= 0.3 is 0 Å². The molecule has 0 aliphatic carbocycles. The normalized spacial score (nSPS) is 20.1. The summed E-state index contributed by atoms with van der Waals surface area (Å²) in [4.78, 5) is 30.5. The first-order valence-corrected chi connectivity index (χ1v) is 12.1. The molecular formula is C26H34N4O5. The molecule has 2 saturated heterocycles. The molecule has 0 radical (unpaired) electrons. The number of hydrogen-bond acceptors (Lipinski definition) is 7. The summed E-state index contributed by atoms with van der Waals surface area (Å²) < 4.78 is 12.8. The third kappa shape index (κ3) is 4.52. The number of amides is 1. The van der Waals surface area contributed by atoms with Gasteiger partial charge in [0.15, 0.2) is 11.5 Å². The lowest BCUT2D eigenvalue weighted by atomic mass is 9.94. The molecule has 1 N–H and O–H groups in total. The number of ketones is 1. The molecule has 9 nitrogen and oxygen atoms in total. The van der Waals surface area contributed by atoms with Crippen LogP contribution in [0.5, 0.6) is 11.5 Å². The van der Waals surface area contributed by atoms with Crippen LogP contribution in [0, 0.1) is 13.8 Å². The number of benzene rings is 1. The summed E-state index contributed by atoms with van der Waals surface area (Å²) in [5, 5.41) is 15.8. The molecule has 1 atom stereocenters. The molecular weight excluding hydrogens is 448 g/mol. The van der Waals surface area contributed by atoms with Crippen molar-refractivity contribution in [1.29, 1.82) is 0 Å². The molecule has 0 bridgehead atoms. The van der Waals surface area contributed by atoms with Crippen LogP contribution in [0.25, 0.3) is 5.76 Å². The number of carbonyl (C=O) groups excluding carboxylic acids is 2. The molecule has 0 spiro atoms. The quantitative estimate of drug-likeness (QED) is 0.351. The Balaban J connectivity index is 1.84. The fourth-order valence-corrected chi connectivity index (χ4v) is 5.09. The molecule has 1 aromatic heterocycles. The first-order chi connectivity index (χ1) is 16.8. The zero-order chi connectivity index (χ0) is 25.3. The minimum atomic E-state index is -0.749. The molecule has 1 unspecified atom stereocenters. The van der Waals surface area contributed by atoms with Crippen LogP contribution in [0.15, 0.2) is 23.8 Å². The van der Waals surface area contributed by atoms with Crippen molar-refractivity contribution in [3.63, 3.8) is 0 Å². The van der Waals surface area contributed by atoms with Crippen molar-refractivity contribution in [3.05, 3.63) is 46.3 Å². The third-order valence-corrected chi connectivity index (χ3v) is 6.94. The summed E-state index contributed by atoms with van der Waals surface area (Å²) in [5.74, 6) is -0.421. The van der Waals surface area contributed by atoms with E-state index in [-0.39, 0.29) is 11.3 Å². The van der Waals surface area contributed by atoms with E-state index in [1.165, 1.54) is 0 Å². The van der Waals surface area contributed by atoms with Gasteiger partial charge in [-0.2, -0.15) is 5.10 Å². The summed E-state index contributed by atoms with van der Waals surface area (Å²) in [6.07, 6.45) is 2.27. The highest BCUT2D eigenvalue weighted by atomic mass is 16.5. The molecule has 2 aliphatic rings. The fraction of sp³-hybridized carbons (Fsp3) is 0.500. The zero-order valence-electron chi connectivity index (χ0n) is 21.1. The number of ether oxygens (including phenoxy) is 2. The summed E-state index contributed by atoms with van der Waals surface area (Å²) in [7, 11) is 3.33. The Bertz CT molecular complexity index is 1160. The maximum Gasteiger partial charge on any atom is 0.295 e.